The lowest BCUT2D eigenvalue weighted by atomic mass is 10.2. The van der Waals surface area contributed by atoms with E-state index in [4.69, 9.17) is 0 Å². The topological polar surface area (TPSA) is 26.3 Å². The first-order valence-electron chi connectivity index (χ1n) is 4.54. The molecule has 0 radical (unpaired) electrons. The number of ether oxygens (including phenoxy) is 1. The average Bonchev–Trinajstić information content (AvgIpc) is 2.22. The lowest BCUT2D eigenvalue weighted by Gasteiger charge is -1.99. The molecule has 0 spiro atoms. The molecule has 0 N–H and O–H groups in total. The molecule has 5 heteroatoms. The molecule has 1 aromatic carbocycles. The SMILES string of the molecule is CCOC(=O)/C=C/c1cc(F)c(F)cc1F. The maximum Gasteiger partial charge on any atom is 0.330 e. The van der Waals surface area contributed by atoms with E-state index in [0.29, 0.717) is 12.1 Å². The van der Waals surface area contributed by atoms with Crippen LogP contribution in [0, 0.1) is 17.5 Å². The van der Waals surface area contributed by atoms with Gasteiger partial charge in [0.1, 0.15) is 5.82 Å². The van der Waals surface area contributed by atoms with Crippen LogP contribution < -0.4 is 0 Å². The van der Waals surface area contributed by atoms with E-state index in [0.717, 1.165) is 12.2 Å². The first-order chi connectivity index (χ1) is 7.54. The van der Waals surface area contributed by atoms with E-state index in [2.05, 4.69) is 4.74 Å². The highest BCUT2D eigenvalue weighted by molar-refractivity contribution is 5.87. The van der Waals surface area contributed by atoms with Gasteiger partial charge in [-0.2, -0.15) is 0 Å². The molecule has 86 valence electrons. The van der Waals surface area contributed by atoms with Crippen LogP contribution in [0.4, 0.5) is 13.2 Å². The van der Waals surface area contributed by atoms with Gasteiger partial charge in [0.25, 0.3) is 0 Å². The fourth-order valence-corrected chi connectivity index (χ4v) is 1.01. The van der Waals surface area contributed by atoms with Gasteiger partial charge in [0.2, 0.25) is 0 Å². The predicted molar refractivity (Wildman–Crippen MR) is 52.0 cm³/mol. The minimum atomic E-state index is -1.27. The summed E-state index contributed by atoms with van der Waals surface area (Å²) in [5, 5.41) is 0. The molecular weight excluding hydrogens is 221 g/mol. The second kappa shape index (κ2) is 5.34. The molecule has 0 fully saturated rings. The van der Waals surface area contributed by atoms with Gasteiger partial charge in [-0.15, -0.1) is 0 Å². The summed E-state index contributed by atoms with van der Waals surface area (Å²) in [4.78, 5) is 10.9. The molecule has 0 amide bonds. The van der Waals surface area contributed by atoms with Gasteiger partial charge in [-0.3, -0.25) is 0 Å². The Bertz CT molecular complexity index is 427. The summed E-state index contributed by atoms with van der Waals surface area (Å²) >= 11 is 0. The van der Waals surface area contributed by atoms with Crippen molar-refractivity contribution in [3.8, 4) is 0 Å². The van der Waals surface area contributed by atoms with E-state index >= 15 is 0 Å². The largest absolute Gasteiger partial charge is 0.463 e. The molecule has 0 atom stereocenters. The smallest absolute Gasteiger partial charge is 0.330 e. The van der Waals surface area contributed by atoms with Gasteiger partial charge < -0.3 is 4.74 Å². The Labute approximate surface area is 90.3 Å². The molecule has 0 bridgehead atoms. The van der Waals surface area contributed by atoms with E-state index in [-0.39, 0.29) is 12.2 Å². The van der Waals surface area contributed by atoms with Crippen molar-refractivity contribution >= 4 is 12.0 Å². The summed E-state index contributed by atoms with van der Waals surface area (Å²) in [6.45, 7) is 1.80. The van der Waals surface area contributed by atoms with E-state index in [1.54, 1.807) is 6.92 Å². The molecule has 0 aromatic heterocycles. The van der Waals surface area contributed by atoms with Gasteiger partial charge in [0, 0.05) is 17.7 Å². The van der Waals surface area contributed by atoms with Crippen molar-refractivity contribution in [1.29, 1.82) is 0 Å². The van der Waals surface area contributed by atoms with Crippen LogP contribution in [0.5, 0.6) is 0 Å². The van der Waals surface area contributed by atoms with E-state index in [1.165, 1.54) is 0 Å². The van der Waals surface area contributed by atoms with Crippen LogP contribution in [0.2, 0.25) is 0 Å². The van der Waals surface area contributed by atoms with Crippen LogP contribution in [-0.2, 0) is 9.53 Å². The summed E-state index contributed by atoms with van der Waals surface area (Å²) in [5.41, 5.74) is -0.216. The summed E-state index contributed by atoms with van der Waals surface area (Å²) in [6, 6.07) is 1.08. The van der Waals surface area contributed by atoms with Crippen LogP contribution in [0.15, 0.2) is 18.2 Å². The van der Waals surface area contributed by atoms with Crippen molar-refractivity contribution < 1.29 is 22.7 Å². The van der Waals surface area contributed by atoms with Gasteiger partial charge in [-0.05, 0) is 19.1 Å². The second-order valence-corrected chi connectivity index (χ2v) is 2.87. The Hall–Kier alpha value is -1.78. The lowest BCUT2D eigenvalue weighted by molar-refractivity contribution is -0.137. The van der Waals surface area contributed by atoms with Crippen molar-refractivity contribution in [2.75, 3.05) is 6.61 Å². The first-order valence-corrected chi connectivity index (χ1v) is 4.54. The highest BCUT2D eigenvalue weighted by atomic mass is 19.2. The van der Waals surface area contributed by atoms with Gasteiger partial charge in [0.15, 0.2) is 11.6 Å². The van der Waals surface area contributed by atoms with Gasteiger partial charge in [0.05, 0.1) is 6.61 Å². The Morgan fingerprint density at radius 2 is 1.88 bits per heavy atom. The normalized spacial score (nSPS) is 10.8. The molecule has 0 unspecified atom stereocenters. The summed E-state index contributed by atoms with van der Waals surface area (Å²) in [7, 11) is 0. The molecule has 1 rings (SSSR count). The Kier molecular flexibility index (Phi) is 4.10. The van der Waals surface area contributed by atoms with Crippen molar-refractivity contribution in [2.24, 2.45) is 0 Å². The van der Waals surface area contributed by atoms with E-state index in [1.807, 2.05) is 0 Å². The highest BCUT2D eigenvalue weighted by Crippen LogP contribution is 2.14. The molecular formula is C11H9F3O2. The summed E-state index contributed by atoms with van der Waals surface area (Å²) < 4.78 is 42.9. The Morgan fingerprint density at radius 3 is 2.50 bits per heavy atom. The standard InChI is InChI=1S/C11H9F3O2/c1-2-16-11(15)4-3-7-5-9(13)10(14)6-8(7)12/h3-6H,2H2,1H3/b4-3+. The maximum atomic E-state index is 13.1. The van der Waals surface area contributed by atoms with Crippen LogP contribution >= 0.6 is 0 Å². The number of carbonyl (C=O) groups excluding carboxylic acids is 1. The predicted octanol–water partition coefficient (Wildman–Crippen LogP) is 2.68. The van der Waals surface area contributed by atoms with Crippen LogP contribution in [0.1, 0.15) is 12.5 Å². The molecule has 0 saturated heterocycles. The maximum absolute atomic E-state index is 13.1. The number of hydrogen-bond donors (Lipinski definition) is 0. The lowest BCUT2D eigenvalue weighted by Crippen LogP contribution is -1.99. The highest BCUT2D eigenvalue weighted by Gasteiger charge is 2.07. The second-order valence-electron chi connectivity index (χ2n) is 2.87. The Morgan fingerprint density at radius 1 is 1.25 bits per heavy atom. The molecule has 0 aliphatic carbocycles. The molecule has 0 aliphatic heterocycles. The average molecular weight is 230 g/mol. The van der Waals surface area contributed by atoms with Crippen LogP contribution in [0.3, 0.4) is 0 Å². The monoisotopic (exact) mass is 230 g/mol. The zero-order chi connectivity index (χ0) is 12.1. The zero-order valence-corrected chi connectivity index (χ0v) is 8.47. The first kappa shape index (κ1) is 12.3. The fourth-order valence-electron chi connectivity index (χ4n) is 1.01. The number of esters is 1. The minimum Gasteiger partial charge on any atom is -0.463 e. The zero-order valence-electron chi connectivity index (χ0n) is 8.47. The third kappa shape index (κ3) is 3.12. The van der Waals surface area contributed by atoms with Gasteiger partial charge >= 0.3 is 5.97 Å². The molecule has 0 heterocycles. The molecule has 0 aliphatic rings. The van der Waals surface area contributed by atoms with E-state index < -0.39 is 23.4 Å². The third-order valence-electron chi connectivity index (χ3n) is 1.73. The minimum absolute atomic E-state index is 0.184. The number of halogens is 3. The van der Waals surface area contributed by atoms with Crippen molar-refractivity contribution in [2.45, 2.75) is 6.92 Å². The number of rotatable bonds is 3. The van der Waals surface area contributed by atoms with Crippen molar-refractivity contribution in [1.82, 2.24) is 0 Å². The molecule has 2 nitrogen and oxygen atoms in total. The van der Waals surface area contributed by atoms with E-state index in [9.17, 15) is 18.0 Å². The molecule has 1 aromatic rings. The quantitative estimate of drug-likeness (QED) is 0.453. The fraction of sp³-hybridized carbons (Fsp3) is 0.182. The van der Waals surface area contributed by atoms with Crippen LogP contribution in [0.25, 0.3) is 6.08 Å². The number of benzene rings is 1. The van der Waals surface area contributed by atoms with Crippen molar-refractivity contribution in [3.63, 3.8) is 0 Å². The molecule has 0 saturated carbocycles. The van der Waals surface area contributed by atoms with Gasteiger partial charge in [-0.1, -0.05) is 0 Å². The van der Waals surface area contributed by atoms with Crippen LogP contribution in [-0.4, -0.2) is 12.6 Å². The summed E-state index contributed by atoms with van der Waals surface area (Å²) in [6.07, 6.45) is 1.97. The van der Waals surface area contributed by atoms with Gasteiger partial charge in [-0.25, -0.2) is 18.0 Å². The summed E-state index contributed by atoms with van der Waals surface area (Å²) in [5.74, 6) is -4.07. The Balaban J connectivity index is 2.89. The third-order valence-corrected chi connectivity index (χ3v) is 1.73. The number of hydrogen-bond acceptors (Lipinski definition) is 2. The number of carbonyl (C=O) groups is 1. The molecule has 16 heavy (non-hydrogen) atoms. The van der Waals surface area contributed by atoms with Crippen molar-refractivity contribution in [3.05, 3.63) is 41.2 Å².